The Kier molecular flexibility index (Phi) is 8.60. The predicted octanol–water partition coefficient (Wildman–Crippen LogP) is 9.80. The number of hydrogen-bond acceptors (Lipinski definition) is 2. The van der Waals surface area contributed by atoms with Gasteiger partial charge in [0.1, 0.15) is 5.82 Å². The second-order valence-corrected chi connectivity index (χ2v) is 11.4. The molecule has 2 aromatic carbocycles. The Labute approximate surface area is 232 Å². The van der Waals surface area contributed by atoms with Gasteiger partial charge in [-0.2, -0.15) is 13.2 Å². The highest BCUT2D eigenvalue weighted by atomic mass is 19.4. The lowest BCUT2D eigenvalue weighted by atomic mass is 9.82. The van der Waals surface area contributed by atoms with Crippen molar-refractivity contribution in [2.24, 2.45) is 5.92 Å². The zero-order valence-electron chi connectivity index (χ0n) is 22.8. The van der Waals surface area contributed by atoms with E-state index < -0.39 is 29.8 Å². The summed E-state index contributed by atoms with van der Waals surface area (Å²) in [5, 5.41) is 11.6. The van der Waals surface area contributed by atoms with E-state index in [1.165, 1.54) is 24.3 Å². The summed E-state index contributed by atoms with van der Waals surface area (Å²) >= 11 is 0. The minimum atomic E-state index is -4.53. The van der Waals surface area contributed by atoms with Crippen molar-refractivity contribution in [2.45, 2.75) is 95.5 Å². The fourth-order valence-corrected chi connectivity index (χ4v) is 6.58. The van der Waals surface area contributed by atoms with Crippen molar-refractivity contribution in [1.29, 1.82) is 0 Å². The number of alkyl halides is 4. The molecule has 0 spiro atoms. The van der Waals surface area contributed by atoms with Crippen LogP contribution in [0.2, 0.25) is 0 Å². The first kappa shape index (κ1) is 28.7. The minimum absolute atomic E-state index is 0.0171. The van der Waals surface area contributed by atoms with Crippen molar-refractivity contribution in [2.75, 3.05) is 0 Å². The number of aryl methyl sites for hydroxylation is 1. The number of rotatable bonds is 7. The van der Waals surface area contributed by atoms with Gasteiger partial charge in [-0.15, -0.1) is 0 Å². The van der Waals surface area contributed by atoms with Crippen LogP contribution in [-0.2, 0) is 12.6 Å². The van der Waals surface area contributed by atoms with Crippen molar-refractivity contribution in [1.82, 2.24) is 4.98 Å². The second-order valence-electron chi connectivity index (χ2n) is 11.4. The maximum atomic E-state index is 16.8. The first-order chi connectivity index (χ1) is 19.2. The van der Waals surface area contributed by atoms with Gasteiger partial charge < -0.3 is 5.11 Å². The molecular formula is C33H36F5NO. The average molecular weight is 558 g/mol. The Morgan fingerprint density at radius 3 is 2.27 bits per heavy atom. The lowest BCUT2D eigenvalue weighted by molar-refractivity contribution is -0.137. The van der Waals surface area contributed by atoms with Crippen molar-refractivity contribution >= 4 is 0 Å². The molecule has 1 saturated carbocycles. The molecule has 1 heterocycles. The van der Waals surface area contributed by atoms with Gasteiger partial charge in [-0.1, -0.05) is 63.3 Å². The lowest BCUT2D eigenvalue weighted by Gasteiger charge is -2.27. The molecule has 2 aliphatic carbocycles. The zero-order chi connectivity index (χ0) is 28.4. The van der Waals surface area contributed by atoms with Crippen molar-refractivity contribution in [3.63, 3.8) is 0 Å². The Balaban J connectivity index is 1.72. The van der Waals surface area contributed by atoms with E-state index in [1.54, 1.807) is 12.1 Å². The fourth-order valence-electron chi connectivity index (χ4n) is 6.58. The number of fused-ring (bicyclic) bond motifs is 1. The number of benzene rings is 2. The van der Waals surface area contributed by atoms with Crippen LogP contribution in [0.3, 0.4) is 0 Å². The number of aliphatic hydroxyl groups excluding tert-OH is 1. The molecule has 3 unspecified atom stereocenters. The van der Waals surface area contributed by atoms with Gasteiger partial charge in [0.25, 0.3) is 0 Å². The summed E-state index contributed by atoms with van der Waals surface area (Å²) in [6.07, 6.45) is 1.71. The maximum Gasteiger partial charge on any atom is 0.416 e. The molecule has 0 aliphatic heterocycles. The highest BCUT2D eigenvalue weighted by Crippen LogP contribution is 2.49. The molecule has 3 aromatic rings. The Morgan fingerprint density at radius 1 is 0.975 bits per heavy atom. The number of unbranched alkanes of at least 4 members (excludes halogenated alkanes) is 1. The van der Waals surface area contributed by atoms with Crippen LogP contribution in [0, 0.1) is 11.7 Å². The maximum absolute atomic E-state index is 16.8. The topological polar surface area (TPSA) is 33.1 Å². The summed E-state index contributed by atoms with van der Waals surface area (Å²) in [7, 11) is 0. The molecule has 0 radical (unpaired) electrons. The predicted molar refractivity (Wildman–Crippen MR) is 146 cm³/mol. The van der Waals surface area contributed by atoms with Gasteiger partial charge in [0.05, 0.1) is 17.4 Å². The second kappa shape index (κ2) is 12.0. The SMILES string of the molecule is CCCCC1CCc2nc(C3CCCC3)c(C(F)c3ccc(C(F)(F)F)cc3)c(-c3ccc(F)cc3)c2C(O)C1. The number of pyridine rings is 1. The Bertz CT molecular complexity index is 1300. The van der Waals surface area contributed by atoms with Gasteiger partial charge in [-0.25, -0.2) is 8.78 Å². The molecule has 2 nitrogen and oxygen atoms in total. The van der Waals surface area contributed by atoms with Gasteiger partial charge in [0, 0.05) is 22.7 Å². The molecule has 1 fully saturated rings. The summed E-state index contributed by atoms with van der Waals surface area (Å²) in [6, 6.07) is 10.0. The number of aliphatic hydroxyl groups is 1. The number of nitrogens with zero attached hydrogens (tertiary/aromatic N) is 1. The van der Waals surface area contributed by atoms with E-state index in [4.69, 9.17) is 4.98 Å². The lowest BCUT2D eigenvalue weighted by Crippen LogP contribution is -2.16. The third-order valence-corrected chi connectivity index (χ3v) is 8.68. The van der Waals surface area contributed by atoms with Crippen molar-refractivity contribution in [3.8, 4) is 11.1 Å². The molecule has 1 aromatic heterocycles. The molecule has 40 heavy (non-hydrogen) atoms. The summed E-state index contributed by atoms with van der Waals surface area (Å²) in [5.41, 5.74) is 2.62. The average Bonchev–Trinajstić information content (AvgIpc) is 3.43. The van der Waals surface area contributed by atoms with E-state index in [-0.39, 0.29) is 11.5 Å². The first-order valence-electron chi connectivity index (χ1n) is 14.5. The minimum Gasteiger partial charge on any atom is -0.388 e. The highest BCUT2D eigenvalue weighted by Gasteiger charge is 2.36. The van der Waals surface area contributed by atoms with Crippen molar-refractivity contribution < 1.29 is 27.1 Å². The van der Waals surface area contributed by atoms with Crippen LogP contribution >= 0.6 is 0 Å². The Hall–Kier alpha value is -2.80. The third-order valence-electron chi connectivity index (χ3n) is 8.68. The molecule has 2 aliphatic rings. The molecule has 214 valence electrons. The van der Waals surface area contributed by atoms with Crippen LogP contribution in [-0.4, -0.2) is 10.1 Å². The van der Waals surface area contributed by atoms with E-state index in [0.29, 0.717) is 46.7 Å². The molecule has 7 heteroatoms. The van der Waals surface area contributed by atoms with E-state index in [2.05, 4.69) is 6.92 Å². The van der Waals surface area contributed by atoms with Crippen LogP contribution in [0.5, 0.6) is 0 Å². The summed E-state index contributed by atoms with van der Waals surface area (Å²) in [5.74, 6) is -0.107. The van der Waals surface area contributed by atoms with Crippen molar-refractivity contribution in [3.05, 3.63) is 88.0 Å². The van der Waals surface area contributed by atoms with Gasteiger partial charge in [0.2, 0.25) is 0 Å². The van der Waals surface area contributed by atoms with Crippen LogP contribution in [0.4, 0.5) is 22.0 Å². The summed E-state index contributed by atoms with van der Waals surface area (Å²) in [4.78, 5) is 5.07. The molecule has 0 amide bonds. The van der Waals surface area contributed by atoms with E-state index >= 15 is 4.39 Å². The zero-order valence-corrected chi connectivity index (χ0v) is 22.8. The van der Waals surface area contributed by atoms with Gasteiger partial charge in [-0.3, -0.25) is 4.98 Å². The molecule has 3 atom stereocenters. The van der Waals surface area contributed by atoms with Crippen LogP contribution in [0.1, 0.15) is 117 Å². The first-order valence-corrected chi connectivity index (χ1v) is 14.5. The van der Waals surface area contributed by atoms with Gasteiger partial charge in [0.15, 0.2) is 6.17 Å². The van der Waals surface area contributed by atoms with Crippen LogP contribution < -0.4 is 0 Å². The number of aromatic nitrogens is 1. The molecule has 0 bridgehead atoms. The third kappa shape index (κ3) is 5.95. The number of halogens is 5. The summed E-state index contributed by atoms with van der Waals surface area (Å²) in [6.45, 7) is 2.14. The van der Waals surface area contributed by atoms with Gasteiger partial charge in [-0.05, 0) is 79.0 Å². The van der Waals surface area contributed by atoms with Gasteiger partial charge >= 0.3 is 6.18 Å². The van der Waals surface area contributed by atoms with E-state index in [1.807, 2.05) is 0 Å². The van der Waals surface area contributed by atoms with E-state index in [0.717, 1.165) is 69.2 Å². The smallest absolute Gasteiger partial charge is 0.388 e. The molecular weight excluding hydrogens is 521 g/mol. The largest absolute Gasteiger partial charge is 0.416 e. The monoisotopic (exact) mass is 557 g/mol. The number of hydrogen-bond donors (Lipinski definition) is 1. The van der Waals surface area contributed by atoms with Crippen LogP contribution in [0.15, 0.2) is 48.5 Å². The van der Waals surface area contributed by atoms with Crippen LogP contribution in [0.25, 0.3) is 11.1 Å². The molecule has 1 N–H and O–H groups in total. The molecule has 0 saturated heterocycles. The standard InChI is InChI=1S/C33H36F5NO/c1-2-3-6-20-9-18-26-29(27(40)19-20)28(21-12-16-25(34)17-13-21)30(32(39-26)23-7-4-5-8-23)31(35)22-10-14-24(15-11-22)33(36,37)38/h10-17,20,23,27,31,40H,2-9,18-19H2,1H3. The molecule has 5 rings (SSSR count). The van der Waals surface area contributed by atoms with E-state index in [9.17, 15) is 22.7 Å². The quantitative estimate of drug-likeness (QED) is 0.232. The highest BCUT2D eigenvalue weighted by molar-refractivity contribution is 5.75. The fraction of sp³-hybridized carbons (Fsp3) is 0.485. The Morgan fingerprint density at radius 2 is 1.65 bits per heavy atom. The normalized spacial score (nSPS) is 20.8. The summed E-state index contributed by atoms with van der Waals surface area (Å²) < 4.78 is 70.5.